The second-order valence-electron chi connectivity index (χ2n) is 3.80. The molecule has 1 atom stereocenters. The summed E-state index contributed by atoms with van der Waals surface area (Å²) in [6, 6.07) is 8.78. The fraction of sp³-hybridized carbons (Fsp3) is 0.417. The first-order valence-corrected chi connectivity index (χ1v) is 5.01. The molecule has 1 saturated carbocycles. The molecule has 0 unspecified atom stereocenters. The van der Waals surface area contributed by atoms with Crippen molar-refractivity contribution < 1.29 is 9.18 Å². The average molecular weight is 192 g/mol. The van der Waals surface area contributed by atoms with Crippen molar-refractivity contribution in [3.05, 3.63) is 35.9 Å². The van der Waals surface area contributed by atoms with E-state index in [-0.39, 0.29) is 5.78 Å². The topological polar surface area (TPSA) is 17.1 Å². The largest absolute Gasteiger partial charge is 0.296 e. The van der Waals surface area contributed by atoms with Gasteiger partial charge in [-0.2, -0.15) is 0 Å². The second kappa shape index (κ2) is 3.52. The van der Waals surface area contributed by atoms with Gasteiger partial charge in [0, 0.05) is 6.42 Å². The van der Waals surface area contributed by atoms with Crippen molar-refractivity contribution in [1.29, 1.82) is 0 Å². The van der Waals surface area contributed by atoms with Gasteiger partial charge in [-0.3, -0.25) is 4.79 Å². The molecule has 1 aliphatic carbocycles. The van der Waals surface area contributed by atoms with Crippen molar-refractivity contribution in [3.8, 4) is 0 Å². The number of rotatable bonds is 1. The molecule has 0 bridgehead atoms. The Hall–Kier alpha value is -1.18. The SMILES string of the molecule is O=C1CCCC[C@@]1(F)c1ccccc1. The summed E-state index contributed by atoms with van der Waals surface area (Å²) in [7, 11) is 0. The summed E-state index contributed by atoms with van der Waals surface area (Å²) >= 11 is 0. The molecule has 1 nitrogen and oxygen atoms in total. The summed E-state index contributed by atoms with van der Waals surface area (Å²) in [5.74, 6) is -0.255. The van der Waals surface area contributed by atoms with E-state index in [4.69, 9.17) is 0 Å². The minimum absolute atomic E-state index is 0.255. The van der Waals surface area contributed by atoms with Crippen LogP contribution in [0.1, 0.15) is 31.2 Å². The van der Waals surface area contributed by atoms with E-state index in [1.165, 1.54) is 0 Å². The number of hydrogen-bond acceptors (Lipinski definition) is 1. The van der Waals surface area contributed by atoms with E-state index in [0.717, 1.165) is 12.8 Å². The first kappa shape index (κ1) is 9.38. The molecule has 0 amide bonds. The van der Waals surface area contributed by atoms with Gasteiger partial charge in [0.05, 0.1) is 0 Å². The van der Waals surface area contributed by atoms with E-state index in [2.05, 4.69) is 0 Å². The zero-order chi connectivity index (χ0) is 10.0. The van der Waals surface area contributed by atoms with Crippen molar-refractivity contribution in [2.45, 2.75) is 31.4 Å². The van der Waals surface area contributed by atoms with Gasteiger partial charge in [0.15, 0.2) is 11.5 Å². The van der Waals surface area contributed by atoms with Gasteiger partial charge in [-0.25, -0.2) is 4.39 Å². The van der Waals surface area contributed by atoms with Crippen molar-refractivity contribution in [1.82, 2.24) is 0 Å². The predicted octanol–water partition coefficient (Wildman–Crippen LogP) is 2.99. The molecule has 0 spiro atoms. The van der Waals surface area contributed by atoms with E-state index < -0.39 is 5.67 Å². The van der Waals surface area contributed by atoms with Gasteiger partial charge in [-0.05, 0) is 24.8 Å². The lowest BCUT2D eigenvalue weighted by Gasteiger charge is -2.28. The maximum absolute atomic E-state index is 14.3. The average Bonchev–Trinajstić information content (AvgIpc) is 2.24. The number of benzene rings is 1. The van der Waals surface area contributed by atoms with Gasteiger partial charge >= 0.3 is 0 Å². The van der Waals surface area contributed by atoms with Crippen LogP contribution in [0.5, 0.6) is 0 Å². The molecule has 2 rings (SSSR count). The second-order valence-corrected chi connectivity index (χ2v) is 3.80. The predicted molar refractivity (Wildman–Crippen MR) is 52.7 cm³/mol. The molecular formula is C12H13FO. The summed E-state index contributed by atoms with van der Waals surface area (Å²) in [6.45, 7) is 0. The maximum atomic E-state index is 14.3. The molecule has 0 saturated heterocycles. The van der Waals surface area contributed by atoms with Gasteiger partial charge in [-0.15, -0.1) is 0 Å². The summed E-state index contributed by atoms with van der Waals surface area (Å²) in [6.07, 6.45) is 2.36. The van der Waals surface area contributed by atoms with Crippen molar-refractivity contribution >= 4 is 5.78 Å². The zero-order valence-electron chi connectivity index (χ0n) is 8.00. The van der Waals surface area contributed by atoms with Crippen molar-refractivity contribution in [3.63, 3.8) is 0 Å². The highest BCUT2D eigenvalue weighted by Gasteiger charge is 2.41. The molecule has 0 radical (unpaired) electrons. The zero-order valence-corrected chi connectivity index (χ0v) is 8.00. The van der Waals surface area contributed by atoms with Crippen LogP contribution in [0.4, 0.5) is 4.39 Å². The molecule has 1 aliphatic rings. The van der Waals surface area contributed by atoms with Gasteiger partial charge in [0.1, 0.15) is 0 Å². The van der Waals surface area contributed by atoms with Crippen LogP contribution in [-0.4, -0.2) is 5.78 Å². The normalized spacial score (nSPS) is 27.6. The van der Waals surface area contributed by atoms with Crippen LogP contribution in [0.15, 0.2) is 30.3 Å². The number of carbonyl (C=O) groups is 1. The Labute approximate surface area is 82.9 Å². The lowest BCUT2D eigenvalue weighted by Crippen LogP contribution is -2.33. The molecule has 0 aliphatic heterocycles. The highest BCUT2D eigenvalue weighted by Crippen LogP contribution is 2.37. The van der Waals surface area contributed by atoms with Gasteiger partial charge in [0.2, 0.25) is 0 Å². The highest BCUT2D eigenvalue weighted by molar-refractivity contribution is 5.89. The highest BCUT2D eigenvalue weighted by atomic mass is 19.1. The molecule has 2 heteroatoms. The standard InChI is InChI=1S/C12H13FO/c13-12(9-5-4-8-11(12)14)10-6-2-1-3-7-10/h1-3,6-7H,4-5,8-9H2/t12-/m1/s1. The Balaban J connectivity index is 2.35. The fourth-order valence-electron chi connectivity index (χ4n) is 2.00. The number of alkyl halides is 1. The molecule has 0 heterocycles. The van der Waals surface area contributed by atoms with Crippen LogP contribution in [0.2, 0.25) is 0 Å². The minimum atomic E-state index is -1.71. The summed E-state index contributed by atoms with van der Waals surface area (Å²) in [5.41, 5.74) is -1.19. The smallest absolute Gasteiger partial charge is 0.193 e. The van der Waals surface area contributed by atoms with E-state index in [9.17, 15) is 9.18 Å². The lowest BCUT2D eigenvalue weighted by molar-refractivity contribution is -0.134. The number of ketones is 1. The minimum Gasteiger partial charge on any atom is -0.296 e. The van der Waals surface area contributed by atoms with Crippen molar-refractivity contribution in [2.75, 3.05) is 0 Å². The summed E-state index contributed by atoms with van der Waals surface area (Å²) in [4.78, 5) is 11.5. The monoisotopic (exact) mass is 192 g/mol. The van der Waals surface area contributed by atoms with Gasteiger partial charge in [-0.1, -0.05) is 30.3 Å². The lowest BCUT2D eigenvalue weighted by atomic mass is 9.80. The Morgan fingerprint density at radius 2 is 1.86 bits per heavy atom. The van der Waals surface area contributed by atoms with Crippen molar-refractivity contribution in [2.24, 2.45) is 0 Å². The Bertz CT molecular complexity index is 333. The fourth-order valence-corrected chi connectivity index (χ4v) is 2.00. The van der Waals surface area contributed by atoms with E-state index in [1.54, 1.807) is 24.3 Å². The number of halogens is 1. The molecule has 1 aromatic rings. The number of carbonyl (C=O) groups excluding carboxylic acids is 1. The number of hydrogen-bond donors (Lipinski definition) is 0. The van der Waals surface area contributed by atoms with Gasteiger partial charge in [0.25, 0.3) is 0 Å². The Morgan fingerprint density at radius 1 is 1.14 bits per heavy atom. The summed E-state index contributed by atoms with van der Waals surface area (Å²) in [5, 5.41) is 0. The third-order valence-corrected chi connectivity index (χ3v) is 2.85. The maximum Gasteiger partial charge on any atom is 0.193 e. The van der Waals surface area contributed by atoms with Gasteiger partial charge < -0.3 is 0 Å². The molecule has 14 heavy (non-hydrogen) atoms. The van der Waals surface area contributed by atoms with Crippen LogP contribution in [0.25, 0.3) is 0 Å². The summed E-state index contributed by atoms with van der Waals surface area (Å²) < 4.78 is 14.3. The van der Waals surface area contributed by atoms with Crippen LogP contribution in [-0.2, 0) is 10.5 Å². The van der Waals surface area contributed by atoms with Crippen LogP contribution in [0.3, 0.4) is 0 Å². The van der Waals surface area contributed by atoms with E-state index >= 15 is 0 Å². The quantitative estimate of drug-likeness (QED) is 0.668. The van der Waals surface area contributed by atoms with Crippen LogP contribution >= 0.6 is 0 Å². The van der Waals surface area contributed by atoms with Crippen LogP contribution < -0.4 is 0 Å². The molecule has 74 valence electrons. The molecule has 1 aromatic carbocycles. The molecule has 0 aromatic heterocycles. The molecule has 0 N–H and O–H groups in total. The molecular weight excluding hydrogens is 179 g/mol. The third-order valence-electron chi connectivity index (χ3n) is 2.85. The third kappa shape index (κ3) is 1.45. The van der Waals surface area contributed by atoms with E-state index in [0.29, 0.717) is 18.4 Å². The Kier molecular flexibility index (Phi) is 2.36. The first-order valence-electron chi connectivity index (χ1n) is 5.01. The number of Topliss-reactive ketones (excluding diaryl/α,β-unsaturated/α-hetero) is 1. The Morgan fingerprint density at radius 3 is 2.50 bits per heavy atom. The van der Waals surface area contributed by atoms with Crippen LogP contribution in [0, 0.1) is 0 Å². The van der Waals surface area contributed by atoms with E-state index in [1.807, 2.05) is 6.07 Å². The molecule has 1 fully saturated rings. The first-order chi connectivity index (χ1) is 6.73.